The number of amides is 3. The van der Waals surface area contributed by atoms with Crippen LogP contribution in [-0.4, -0.2) is 67.1 Å². The number of carbonyl (C=O) groups is 3. The molecule has 3 amide bonds. The minimum absolute atomic E-state index is 0.0153. The average molecular weight is 530 g/mol. The van der Waals surface area contributed by atoms with Crippen molar-refractivity contribution in [1.82, 2.24) is 26.2 Å². The second-order valence-corrected chi connectivity index (χ2v) is 12.7. The van der Waals surface area contributed by atoms with Gasteiger partial charge in [0.15, 0.2) is 0 Å². The van der Waals surface area contributed by atoms with E-state index in [2.05, 4.69) is 40.1 Å². The summed E-state index contributed by atoms with van der Waals surface area (Å²) in [6, 6.07) is 0.760. The third-order valence-corrected chi connectivity index (χ3v) is 9.93. The van der Waals surface area contributed by atoms with Crippen LogP contribution in [0.4, 0.5) is 4.79 Å². The monoisotopic (exact) mass is 529 g/mol. The van der Waals surface area contributed by atoms with Gasteiger partial charge in [0.25, 0.3) is 0 Å². The molecule has 2 aliphatic heterocycles. The molecule has 0 spiro atoms. The predicted molar refractivity (Wildman–Crippen MR) is 145 cm³/mol. The van der Waals surface area contributed by atoms with Crippen LogP contribution in [0.15, 0.2) is 12.0 Å². The van der Waals surface area contributed by atoms with Crippen molar-refractivity contribution in [2.45, 2.75) is 108 Å². The van der Waals surface area contributed by atoms with Crippen LogP contribution in [0.5, 0.6) is 0 Å². The van der Waals surface area contributed by atoms with Gasteiger partial charge in [-0.2, -0.15) is 0 Å². The van der Waals surface area contributed by atoms with E-state index >= 15 is 0 Å². The maximum absolute atomic E-state index is 13.0. The summed E-state index contributed by atoms with van der Waals surface area (Å²) in [5, 5.41) is 13.4. The number of rotatable bonds is 5. The molecule has 9 heteroatoms. The SMILES string of the molecule is CC1CCCCC1NC(=O)NC1CCC(C(=O)NCC2CCC3CN(C)C4=COC(=O)CC4NC3C2)CC1. The molecule has 5 aliphatic rings. The lowest BCUT2D eigenvalue weighted by Gasteiger charge is -2.37. The second-order valence-electron chi connectivity index (χ2n) is 12.7. The number of urea groups is 1. The van der Waals surface area contributed by atoms with Gasteiger partial charge in [-0.3, -0.25) is 9.59 Å². The van der Waals surface area contributed by atoms with Crippen LogP contribution in [0.1, 0.15) is 84.0 Å². The van der Waals surface area contributed by atoms with E-state index < -0.39 is 0 Å². The Labute approximate surface area is 227 Å². The van der Waals surface area contributed by atoms with Crippen LogP contribution >= 0.6 is 0 Å². The Hall–Kier alpha value is -2.29. The van der Waals surface area contributed by atoms with E-state index in [-0.39, 0.29) is 42.0 Å². The van der Waals surface area contributed by atoms with E-state index in [0.29, 0.717) is 30.2 Å². The first-order valence-corrected chi connectivity index (χ1v) is 15.1. The molecule has 4 fully saturated rings. The zero-order valence-electron chi connectivity index (χ0n) is 23.2. The maximum Gasteiger partial charge on any atom is 0.315 e. The summed E-state index contributed by atoms with van der Waals surface area (Å²) >= 11 is 0. The lowest BCUT2D eigenvalue weighted by molar-refractivity contribution is -0.140. The molecule has 6 unspecified atom stereocenters. The van der Waals surface area contributed by atoms with Crippen molar-refractivity contribution in [1.29, 1.82) is 0 Å². The first-order chi connectivity index (χ1) is 18.4. The number of ether oxygens (including phenoxy) is 1. The number of hydrogen-bond donors (Lipinski definition) is 4. The Morgan fingerprint density at radius 2 is 1.84 bits per heavy atom. The van der Waals surface area contributed by atoms with E-state index in [4.69, 9.17) is 4.74 Å². The van der Waals surface area contributed by atoms with Gasteiger partial charge >= 0.3 is 12.0 Å². The summed E-state index contributed by atoms with van der Waals surface area (Å²) in [6.07, 6.45) is 13.3. The number of carbonyl (C=O) groups excluding carboxylic acids is 3. The molecule has 6 atom stereocenters. The molecule has 1 saturated heterocycles. The highest BCUT2D eigenvalue weighted by Crippen LogP contribution is 2.35. The van der Waals surface area contributed by atoms with Gasteiger partial charge < -0.3 is 30.9 Å². The van der Waals surface area contributed by atoms with Gasteiger partial charge in [-0.05, 0) is 75.5 Å². The fourth-order valence-electron chi connectivity index (χ4n) is 7.49. The fourth-order valence-corrected chi connectivity index (χ4v) is 7.49. The first-order valence-electron chi connectivity index (χ1n) is 15.1. The number of nitrogens with one attached hydrogen (secondary N) is 4. The number of nitrogens with zero attached hydrogens (tertiary/aromatic N) is 1. The van der Waals surface area contributed by atoms with Crippen molar-refractivity contribution in [2.24, 2.45) is 23.7 Å². The smallest absolute Gasteiger partial charge is 0.315 e. The Bertz CT molecular complexity index is 901. The van der Waals surface area contributed by atoms with Gasteiger partial charge in [0.1, 0.15) is 6.26 Å². The standard InChI is InChI=1S/C29H47N5O4/c1-18-5-3-4-6-23(18)33-29(37)31-22-11-9-20(10-12-22)28(36)30-15-19-7-8-21-16-34(2)26-17-38-27(35)14-25(26)32-24(21)13-19/h17-25,32H,3-16H2,1-2H3,(H,30,36)(H2,31,33,37). The van der Waals surface area contributed by atoms with E-state index in [9.17, 15) is 14.4 Å². The third-order valence-electron chi connectivity index (χ3n) is 9.93. The molecule has 4 N–H and O–H groups in total. The minimum atomic E-state index is -0.179. The van der Waals surface area contributed by atoms with Gasteiger partial charge in [-0.1, -0.05) is 19.8 Å². The largest absolute Gasteiger partial charge is 0.433 e. The van der Waals surface area contributed by atoms with Crippen molar-refractivity contribution < 1.29 is 19.1 Å². The molecular weight excluding hydrogens is 482 g/mol. The molecule has 3 saturated carbocycles. The van der Waals surface area contributed by atoms with Gasteiger partial charge in [0.2, 0.25) is 5.91 Å². The molecule has 5 rings (SSSR count). The molecule has 2 heterocycles. The van der Waals surface area contributed by atoms with Crippen molar-refractivity contribution in [2.75, 3.05) is 20.1 Å². The van der Waals surface area contributed by atoms with E-state index in [1.807, 2.05) is 0 Å². The van der Waals surface area contributed by atoms with Crippen molar-refractivity contribution in [3.63, 3.8) is 0 Å². The summed E-state index contributed by atoms with van der Waals surface area (Å²) in [6.45, 7) is 3.91. The molecule has 0 bridgehead atoms. The zero-order valence-corrected chi connectivity index (χ0v) is 23.2. The zero-order chi connectivity index (χ0) is 26.6. The first kappa shape index (κ1) is 27.3. The lowest BCUT2D eigenvalue weighted by atomic mass is 9.77. The molecule has 212 valence electrons. The molecule has 0 aromatic carbocycles. The number of fused-ring (bicyclic) bond motifs is 2. The number of esters is 1. The summed E-state index contributed by atoms with van der Waals surface area (Å²) in [5.74, 6) is 1.56. The van der Waals surface area contributed by atoms with Crippen LogP contribution in [0.25, 0.3) is 0 Å². The van der Waals surface area contributed by atoms with Crippen LogP contribution < -0.4 is 21.3 Å². The Balaban J connectivity index is 1.02. The van der Waals surface area contributed by atoms with Crippen LogP contribution in [0, 0.1) is 23.7 Å². The maximum atomic E-state index is 13.0. The Morgan fingerprint density at radius 1 is 1.05 bits per heavy atom. The third kappa shape index (κ3) is 6.64. The highest BCUT2D eigenvalue weighted by Gasteiger charge is 2.39. The molecule has 3 aliphatic carbocycles. The topological polar surface area (TPSA) is 112 Å². The highest BCUT2D eigenvalue weighted by atomic mass is 16.5. The van der Waals surface area contributed by atoms with E-state index in [1.54, 1.807) is 6.26 Å². The molecule has 0 aromatic rings. The second kappa shape index (κ2) is 12.3. The molecule has 38 heavy (non-hydrogen) atoms. The van der Waals surface area contributed by atoms with Crippen LogP contribution in [-0.2, 0) is 14.3 Å². The minimum Gasteiger partial charge on any atom is -0.433 e. The van der Waals surface area contributed by atoms with E-state index in [0.717, 1.165) is 70.2 Å². The molecule has 0 radical (unpaired) electrons. The number of likely N-dealkylation sites (N-methyl/N-ethyl adjacent to an activating group) is 1. The highest BCUT2D eigenvalue weighted by molar-refractivity contribution is 5.79. The van der Waals surface area contributed by atoms with E-state index in [1.165, 1.54) is 19.3 Å². The fraction of sp³-hybridized carbons (Fsp3) is 0.828. The summed E-state index contributed by atoms with van der Waals surface area (Å²) in [5.41, 5.74) is 1.06. The molecule has 0 aromatic heterocycles. The Morgan fingerprint density at radius 3 is 2.63 bits per heavy atom. The van der Waals surface area contributed by atoms with Gasteiger partial charge in [-0.25, -0.2) is 4.79 Å². The average Bonchev–Trinajstić information content (AvgIpc) is 3.03. The van der Waals surface area contributed by atoms with Crippen molar-refractivity contribution in [3.05, 3.63) is 12.0 Å². The molecule has 9 nitrogen and oxygen atoms in total. The van der Waals surface area contributed by atoms with Crippen molar-refractivity contribution in [3.8, 4) is 0 Å². The lowest BCUT2D eigenvalue weighted by Crippen LogP contribution is -2.50. The van der Waals surface area contributed by atoms with Crippen molar-refractivity contribution >= 4 is 17.9 Å². The summed E-state index contributed by atoms with van der Waals surface area (Å²) < 4.78 is 5.18. The number of hydrogen-bond acceptors (Lipinski definition) is 6. The normalized spacial score (nSPS) is 37.5. The van der Waals surface area contributed by atoms with Crippen LogP contribution in [0.2, 0.25) is 0 Å². The summed E-state index contributed by atoms with van der Waals surface area (Å²) in [4.78, 5) is 39.6. The Kier molecular flexibility index (Phi) is 8.81. The predicted octanol–water partition coefficient (Wildman–Crippen LogP) is 3.02. The quantitative estimate of drug-likeness (QED) is 0.408. The van der Waals surface area contributed by atoms with Gasteiger partial charge in [-0.15, -0.1) is 0 Å². The molecular formula is C29H47N5O4. The van der Waals surface area contributed by atoms with Crippen LogP contribution in [0.3, 0.4) is 0 Å². The van der Waals surface area contributed by atoms with Gasteiger partial charge in [0.05, 0.1) is 18.2 Å². The van der Waals surface area contributed by atoms with Gasteiger partial charge in [0, 0.05) is 44.2 Å². The summed E-state index contributed by atoms with van der Waals surface area (Å²) in [7, 11) is 2.09. The number of cyclic esters (lactones) is 1.